The summed E-state index contributed by atoms with van der Waals surface area (Å²) < 4.78 is 0. The minimum atomic E-state index is -0.687. The Labute approximate surface area is 234 Å². The van der Waals surface area contributed by atoms with Crippen molar-refractivity contribution < 1.29 is 14.4 Å². The van der Waals surface area contributed by atoms with Crippen LogP contribution in [0.4, 0.5) is 4.79 Å². The monoisotopic (exact) mass is 532 g/mol. The van der Waals surface area contributed by atoms with Gasteiger partial charge in [0.1, 0.15) is 12.2 Å². The molecule has 202 valence electrons. The Hall–Kier alpha value is -4.65. The molecule has 0 saturated carbocycles. The van der Waals surface area contributed by atoms with E-state index in [2.05, 4.69) is 23.5 Å². The molecular weight excluding hydrogens is 500 g/mol. The number of hydrogen-bond donors (Lipinski definition) is 1. The molecular formula is C33H32N4O3. The van der Waals surface area contributed by atoms with Gasteiger partial charge in [0.05, 0.1) is 6.54 Å². The normalized spacial score (nSPS) is 19.1. The van der Waals surface area contributed by atoms with E-state index in [9.17, 15) is 14.4 Å². The zero-order chi connectivity index (χ0) is 27.5. The molecule has 2 fully saturated rings. The highest BCUT2D eigenvalue weighted by Crippen LogP contribution is 2.30. The van der Waals surface area contributed by atoms with E-state index in [1.807, 2.05) is 89.8 Å². The molecule has 0 bridgehead atoms. The van der Waals surface area contributed by atoms with Crippen molar-refractivity contribution in [1.82, 2.24) is 20.0 Å². The van der Waals surface area contributed by atoms with Crippen molar-refractivity contribution in [3.63, 3.8) is 0 Å². The fraction of sp³-hybridized carbons (Fsp3) is 0.242. The number of fused-ring (bicyclic) bond motifs is 2. The van der Waals surface area contributed by atoms with Crippen LogP contribution < -0.4 is 5.32 Å². The maximum Gasteiger partial charge on any atom is 0.319 e. The van der Waals surface area contributed by atoms with Gasteiger partial charge in [-0.25, -0.2) is 4.79 Å². The molecule has 0 aromatic heterocycles. The number of piperazine rings is 1. The molecule has 2 atom stereocenters. The van der Waals surface area contributed by atoms with Crippen molar-refractivity contribution in [3.05, 3.63) is 120 Å². The Morgan fingerprint density at radius 2 is 1.48 bits per heavy atom. The maximum atomic E-state index is 14.1. The zero-order valence-corrected chi connectivity index (χ0v) is 22.3. The van der Waals surface area contributed by atoms with Gasteiger partial charge in [-0.2, -0.15) is 0 Å². The number of rotatable bonds is 6. The van der Waals surface area contributed by atoms with Gasteiger partial charge in [0.2, 0.25) is 11.8 Å². The van der Waals surface area contributed by atoms with Crippen molar-refractivity contribution >= 4 is 28.6 Å². The Kier molecular flexibility index (Phi) is 7.19. The summed E-state index contributed by atoms with van der Waals surface area (Å²) in [7, 11) is 0. The van der Waals surface area contributed by atoms with Crippen LogP contribution in [0, 0.1) is 0 Å². The quantitative estimate of drug-likeness (QED) is 0.396. The summed E-state index contributed by atoms with van der Waals surface area (Å²) in [5, 5.41) is 5.23. The molecule has 0 radical (unpaired) electrons. The molecule has 4 amide bonds. The highest BCUT2D eigenvalue weighted by molar-refractivity contribution is 5.92. The third kappa shape index (κ3) is 5.15. The standard InChI is InChI=1S/C33H32N4O3/c38-31-18-19-36(33(40)34-21-25-12-5-2-6-13-25)30-23-35(22-27-16-9-15-26-14-7-8-17-28(26)27)32(39)29(37(30)31)20-24-10-3-1-4-11-24/h1-17,29-30H,18-23H2,(H,34,40)/t29-,30+/m0/s1. The number of nitrogens with one attached hydrogen (secondary N) is 1. The van der Waals surface area contributed by atoms with Gasteiger partial charge in [0.25, 0.3) is 0 Å². The molecule has 2 saturated heterocycles. The van der Waals surface area contributed by atoms with Crippen LogP contribution in [0.3, 0.4) is 0 Å². The number of urea groups is 1. The molecule has 0 unspecified atom stereocenters. The summed E-state index contributed by atoms with van der Waals surface area (Å²) in [6.45, 7) is 1.37. The molecule has 1 N–H and O–H groups in total. The molecule has 7 nitrogen and oxygen atoms in total. The fourth-order valence-corrected chi connectivity index (χ4v) is 5.91. The van der Waals surface area contributed by atoms with Crippen LogP contribution in [0.25, 0.3) is 10.8 Å². The van der Waals surface area contributed by atoms with Crippen LogP contribution in [0.2, 0.25) is 0 Å². The number of hydrogen-bond acceptors (Lipinski definition) is 3. The third-order valence-electron chi connectivity index (χ3n) is 7.91. The SMILES string of the molecule is O=C1[C@H](Cc2ccccc2)N2C(=O)CCN(C(=O)NCc3ccccc3)[C@H]2CN1Cc1cccc2ccccc12. The Morgan fingerprint density at radius 3 is 2.25 bits per heavy atom. The van der Waals surface area contributed by atoms with E-state index in [-0.39, 0.29) is 30.8 Å². The summed E-state index contributed by atoms with van der Waals surface area (Å²) in [6, 6.07) is 32.9. The number of amides is 4. The van der Waals surface area contributed by atoms with Gasteiger partial charge < -0.3 is 20.0 Å². The lowest BCUT2D eigenvalue weighted by molar-refractivity contribution is -0.167. The molecule has 0 aliphatic carbocycles. The van der Waals surface area contributed by atoms with E-state index in [1.165, 1.54) is 0 Å². The molecule has 40 heavy (non-hydrogen) atoms. The van der Waals surface area contributed by atoms with Gasteiger partial charge in [-0.3, -0.25) is 9.59 Å². The van der Waals surface area contributed by atoms with Crippen LogP contribution in [-0.4, -0.2) is 57.8 Å². The lowest BCUT2D eigenvalue weighted by Gasteiger charge is -2.52. The van der Waals surface area contributed by atoms with Gasteiger partial charge in [-0.05, 0) is 27.5 Å². The molecule has 4 aromatic rings. The van der Waals surface area contributed by atoms with Crippen molar-refractivity contribution in [3.8, 4) is 0 Å². The molecule has 0 spiro atoms. The topological polar surface area (TPSA) is 73.0 Å². The van der Waals surface area contributed by atoms with Gasteiger partial charge in [0.15, 0.2) is 0 Å². The van der Waals surface area contributed by atoms with E-state index in [1.54, 1.807) is 9.80 Å². The predicted molar refractivity (Wildman–Crippen MR) is 154 cm³/mol. The second kappa shape index (κ2) is 11.2. The maximum absolute atomic E-state index is 14.1. The summed E-state index contributed by atoms with van der Waals surface area (Å²) in [5.74, 6) is -0.177. The van der Waals surface area contributed by atoms with Crippen molar-refractivity contribution in [1.29, 1.82) is 0 Å². The summed E-state index contributed by atoms with van der Waals surface area (Å²) in [5.41, 5.74) is 3.02. The van der Waals surface area contributed by atoms with Gasteiger partial charge >= 0.3 is 6.03 Å². The number of carbonyl (C=O) groups is 3. The Balaban J connectivity index is 1.31. The largest absolute Gasteiger partial charge is 0.334 e. The molecule has 7 heteroatoms. The van der Waals surface area contributed by atoms with E-state index < -0.39 is 12.2 Å². The van der Waals surface area contributed by atoms with E-state index >= 15 is 0 Å². The van der Waals surface area contributed by atoms with Gasteiger partial charge in [0, 0.05) is 32.5 Å². The number of benzene rings is 4. The van der Waals surface area contributed by atoms with Crippen molar-refractivity contribution in [2.24, 2.45) is 0 Å². The smallest absolute Gasteiger partial charge is 0.319 e. The predicted octanol–water partition coefficient (Wildman–Crippen LogP) is 4.56. The second-order valence-electron chi connectivity index (χ2n) is 10.4. The average Bonchev–Trinajstić information content (AvgIpc) is 2.99. The molecule has 2 heterocycles. The van der Waals surface area contributed by atoms with Crippen LogP contribution in [-0.2, 0) is 29.1 Å². The summed E-state index contributed by atoms with van der Waals surface area (Å²) in [4.78, 5) is 46.1. The Morgan fingerprint density at radius 1 is 0.800 bits per heavy atom. The minimum absolute atomic E-state index is 0.0869. The first kappa shape index (κ1) is 25.6. The van der Waals surface area contributed by atoms with Gasteiger partial charge in [-0.1, -0.05) is 103 Å². The van der Waals surface area contributed by atoms with E-state index in [0.717, 1.165) is 27.5 Å². The minimum Gasteiger partial charge on any atom is -0.334 e. The molecule has 2 aliphatic rings. The van der Waals surface area contributed by atoms with E-state index in [4.69, 9.17) is 0 Å². The zero-order valence-electron chi connectivity index (χ0n) is 22.3. The van der Waals surface area contributed by atoms with Gasteiger partial charge in [-0.15, -0.1) is 0 Å². The highest BCUT2D eigenvalue weighted by Gasteiger charge is 2.48. The Bertz CT molecular complexity index is 1520. The van der Waals surface area contributed by atoms with Crippen LogP contribution in [0.1, 0.15) is 23.1 Å². The molecule has 2 aliphatic heterocycles. The first-order valence-electron chi connectivity index (χ1n) is 13.8. The van der Waals surface area contributed by atoms with E-state index in [0.29, 0.717) is 26.1 Å². The summed E-state index contributed by atoms with van der Waals surface area (Å²) >= 11 is 0. The van der Waals surface area contributed by atoms with Crippen LogP contribution >= 0.6 is 0 Å². The van der Waals surface area contributed by atoms with Crippen LogP contribution in [0.15, 0.2) is 103 Å². The lowest BCUT2D eigenvalue weighted by atomic mass is 9.96. The number of carbonyl (C=O) groups excluding carboxylic acids is 3. The first-order chi connectivity index (χ1) is 19.6. The third-order valence-corrected chi connectivity index (χ3v) is 7.91. The molecule has 6 rings (SSSR count). The lowest BCUT2D eigenvalue weighted by Crippen LogP contribution is -2.72. The van der Waals surface area contributed by atoms with Crippen LogP contribution in [0.5, 0.6) is 0 Å². The number of nitrogens with zero attached hydrogens (tertiary/aromatic N) is 3. The second-order valence-corrected chi connectivity index (χ2v) is 10.4. The molecule has 4 aromatic carbocycles. The first-order valence-corrected chi connectivity index (χ1v) is 13.8. The average molecular weight is 533 g/mol. The fourth-order valence-electron chi connectivity index (χ4n) is 5.91. The van der Waals surface area contributed by atoms with Crippen molar-refractivity contribution in [2.75, 3.05) is 13.1 Å². The van der Waals surface area contributed by atoms with Crippen molar-refractivity contribution in [2.45, 2.75) is 38.1 Å². The highest BCUT2D eigenvalue weighted by atomic mass is 16.2. The summed E-state index contributed by atoms with van der Waals surface area (Å²) in [6.07, 6.45) is 0.0447.